The molecule has 3 nitrogen and oxygen atoms in total. The first-order chi connectivity index (χ1) is 7.47. The van der Waals surface area contributed by atoms with Gasteiger partial charge in [0.15, 0.2) is 0 Å². The van der Waals surface area contributed by atoms with E-state index in [0.717, 1.165) is 11.3 Å². The van der Waals surface area contributed by atoms with Gasteiger partial charge in [-0.1, -0.05) is 11.6 Å². The van der Waals surface area contributed by atoms with Crippen LogP contribution in [-0.2, 0) is 0 Å². The second-order valence-electron chi connectivity index (χ2n) is 4.17. The monoisotopic (exact) mass is 242 g/mol. The van der Waals surface area contributed by atoms with Gasteiger partial charge < -0.3 is 15.7 Å². The zero-order valence-electron chi connectivity index (χ0n) is 10.00. The van der Waals surface area contributed by atoms with Gasteiger partial charge in [-0.25, -0.2) is 0 Å². The van der Waals surface area contributed by atoms with Crippen LogP contribution in [0.15, 0.2) is 12.1 Å². The number of aryl methyl sites for hydroxylation is 1. The Labute approximate surface area is 102 Å². The van der Waals surface area contributed by atoms with E-state index in [1.165, 1.54) is 0 Å². The van der Waals surface area contributed by atoms with E-state index in [4.69, 9.17) is 22.4 Å². The predicted octanol–water partition coefficient (Wildman–Crippen LogP) is 2.44. The van der Waals surface area contributed by atoms with Crippen molar-refractivity contribution >= 4 is 23.0 Å². The number of anilines is 2. The van der Waals surface area contributed by atoms with E-state index in [1.807, 2.05) is 19.1 Å². The van der Waals surface area contributed by atoms with Gasteiger partial charge in [-0.05, 0) is 38.5 Å². The van der Waals surface area contributed by atoms with Crippen LogP contribution in [0, 0.1) is 6.92 Å². The highest BCUT2D eigenvalue weighted by atomic mass is 35.5. The van der Waals surface area contributed by atoms with Gasteiger partial charge in [0.2, 0.25) is 0 Å². The minimum atomic E-state index is 0.125. The summed E-state index contributed by atoms with van der Waals surface area (Å²) in [6, 6.07) is 4.04. The molecule has 0 aliphatic heterocycles. The maximum Gasteiger partial charge on any atom is 0.0656 e. The highest BCUT2D eigenvalue weighted by Gasteiger charge is 2.13. The van der Waals surface area contributed by atoms with Crippen LogP contribution < -0.4 is 10.6 Å². The second kappa shape index (κ2) is 5.41. The normalized spacial score (nSPS) is 10.9. The van der Waals surface area contributed by atoms with Gasteiger partial charge in [0.1, 0.15) is 0 Å². The second-order valence-corrected chi connectivity index (χ2v) is 4.58. The molecule has 0 aromatic heterocycles. The Morgan fingerprint density at radius 1 is 1.44 bits per heavy atom. The summed E-state index contributed by atoms with van der Waals surface area (Å²) < 4.78 is 0. The first-order valence-corrected chi connectivity index (χ1v) is 5.78. The first-order valence-electron chi connectivity index (χ1n) is 5.40. The van der Waals surface area contributed by atoms with Crippen molar-refractivity contribution in [2.24, 2.45) is 0 Å². The summed E-state index contributed by atoms with van der Waals surface area (Å²) in [6.45, 7) is 6.88. The molecule has 0 heterocycles. The number of nitrogen functional groups attached to an aromatic ring is 1. The third kappa shape index (κ3) is 2.80. The first kappa shape index (κ1) is 13.1. The number of hydrogen-bond donors (Lipinski definition) is 2. The lowest BCUT2D eigenvalue weighted by molar-refractivity contribution is 0.299. The van der Waals surface area contributed by atoms with Crippen LogP contribution in [0.25, 0.3) is 0 Å². The molecular weight excluding hydrogens is 224 g/mol. The highest BCUT2D eigenvalue weighted by Crippen LogP contribution is 2.30. The van der Waals surface area contributed by atoms with Crippen molar-refractivity contribution in [2.75, 3.05) is 23.8 Å². The smallest absolute Gasteiger partial charge is 0.0656 e. The zero-order chi connectivity index (χ0) is 12.3. The van der Waals surface area contributed by atoms with Crippen molar-refractivity contribution in [2.45, 2.75) is 26.8 Å². The van der Waals surface area contributed by atoms with Crippen LogP contribution in [0.2, 0.25) is 5.02 Å². The predicted molar refractivity (Wildman–Crippen MR) is 70.2 cm³/mol. The van der Waals surface area contributed by atoms with E-state index in [-0.39, 0.29) is 6.61 Å². The molecule has 1 rings (SSSR count). The molecule has 0 unspecified atom stereocenters. The quantitative estimate of drug-likeness (QED) is 0.798. The third-order valence-electron chi connectivity index (χ3n) is 2.59. The number of aliphatic hydroxyl groups is 1. The Kier molecular flexibility index (Phi) is 4.44. The molecule has 0 bridgehead atoms. The van der Waals surface area contributed by atoms with Crippen LogP contribution in [0.5, 0.6) is 0 Å². The Hall–Kier alpha value is -0.930. The summed E-state index contributed by atoms with van der Waals surface area (Å²) in [5.41, 5.74) is 8.44. The van der Waals surface area contributed by atoms with Crippen molar-refractivity contribution in [1.29, 1.82) is 0 Å². The molecule has 0 saturated heterocycles. The molecule has 1 aromatic rings. The van der Waals surface area contributed by atoms with E-state index in [9.17, 15) is 0 Å². The van der Waals surface area contributed by atoms with Crippen molar-refractivity contribution in [3.8, 4) is 0 Å². The lowest BCUT2D eigenvalue weighted by atomic mass is 10.1. The molecule has 1 aromatic carbocycles. The summed E-state index contributed by atoms with van der Waals surface area (Å²) in [4.78, 5) is 2.11. The van der Waals surface area contributed by atoms with Crippen LogP contribution in [0.4, 0.5) is 11.4 Å². The van der Waals surface area contributed by atoms with Crippen LogP contribution in [0.1, 0.15) is 19.4 Å². The van der Waals surface area contributed by atoms with Crippen molar-refractivity contribution in [1.82, 2.24) is 0 Å². The molecule has 0 atom stereocenters. The number of nitrogens with zero attached hydrogens (tertiary/aromatic N) is 1. The molecule has 0 radical (unpaired) electrons. The summed E-state index contributed by atoms with van der Waals surface area (Å²) in [6.07, 6.45) is 0. The maximum absolute atomic E-state index is 9.06. The average molecular weight is 243 g/mol. The van der Waals surface area contributed by atoms with Gasteiger partial charge in [-0.15, -0.1) is 0 Å². The minimum absolute atomic E-state index is 0.125. The largest absolute Gasteiger partial charge is 0.398 e. The van der Waals surface area contributed by atoms with E-state index < -0.39 is 0 Å². The van der Waals surface area contributed by atoms with Crippen LogP contribution in [0.3, 0.4) is 0 Å². The summed E-state index contributed by atoms with van der Waals surface area (Å²) in [7, 11) is 0. The standard InChI is InChI=1S/C12H19ClN2O/c1-8(2)15(4-5-16)12-7-10(13)11(14)6-9(12)3/h6-8,16H,4-5,14H2,1-3H3. The number of halogens is 1. The van der Waals surface area contributed by atoms with Gasteiger partial charge in [-0.2, -0.15) is 0 Å². The molecular formula is C12H19ClN2O. The number of rotatable bonds is 4. The van der Waals surface area contributed by atoms with Crippen molar-refractivity contribution in [3.05, 3.63) is 22.7 Å². The average Bonchev–Trinajstić information content (AvgIpc) is 2.20. The number of hydrogen-bond acceptors (Lipinski definition) is 3. The van der Waals surface area contributed by atoms with E-state index >= 15 is 0 Å². The number of nitrogens with two attached hydrogens (primary N) is 1. The highest BCUT2D eigenvalue weighted by molar-refractivity contribution is 6.33. The van der Waals surface area contributed by atoms with Crippen LogP contribution >= 0.6 is 11.6 Å². The molecule has 0 spiro atoms. The Balaban J connectivity index is 3.13. The Morgan fingerprint density at radius 2 is 2.06 bits per heavy atom. The van der Waals surface area contributed by atoms with Crippen LogP contribution in [-0.4, -0.2) is 24.3 Å². The summed E-state index contributed by atoms with van der Waals surface area (Å²) >= 11 is 6.02. The number of aliphatic hydroxyl groups excluding tert-OH is 1. The minimum Gasteiger partial charge on any atom is -0.398 e. The molecule has 0 saturated carbocycles. The maximum atomic E-state index is 9.06. The molecule has 16 heavy (non-hydrogen) atoms. The fourth-order valence-electron chi connectivity index (χ4n) is 1.77. The fraction of sp³-hybridized carbons (Fsp3) is 0.500. The molecule has 3 N–H and O–H groups in total. The van der Waals surface area contributed by atoms with Gasteiger partial charge in [0.05, 0.1) is 17.3 Å². The van der Waals surface area contributed by atoms with Gasteiger partial charge in [0.25, 0.3) is 0 Å². The lowest BCUT2D eigenvalue weighted by Crippen LogP contribution is -2.34. The molecule has 4 heteroatoms. The van der Waals surface area contributed by atoms with E-state index in [0.29, 0.717) is 23.3 Å². The zero-order valence-corrected chi connectivity index (χ0v) is 10.8. The molecule has 0 aliphatic rings. The van der Waals surface area contributed by atoms with Gasteiger partial charge in [0, 0.05) is 18.3 Å². The number of benzene rings is 1. The SMILES string of the molecule is Cc1cc(N)c(Cl)cc1N(CCO)C(C)C. The third-order valence-corrected chi connectivity index (χ3v) is 2.92. The molecule has 90 valence electrons. The summed E-state index contributed by atoms with van der Waals surface area (Å²) in [5.74, 6) is 0. The van der Waals surface area contributed by atoms with Gasteiger partial charge >= 0.3 is 0 Å². The van der Waals surface area contributed by atoms with Gasteiger partial charge in [-0.3, -0.25) is 0 Å². The van der Waals surface area contributed by atoms with E-state index in [1.54, 1.807) is 0 Å². The van der Waals surface area contributed by atoms with E-state index in [2.05, 4.69) is 18.7 Å². The molecule has 0 fully saturated rings. The molecule has 0 aliphatic carbocycles. The van der Waals surface area contributed by atoms with Crippen molar-refractivity contribution in [3.63, 3.8) is 0 Å². The summed E-state index contributed by atoms with van der Waals surface area (Å²) in [5, 5.41) is 9.62. The topological polar surface area (TPSA) is 49.5 Å². The Bertz CT molecular complexity index is 366. The fourth-order valence-corrected chi connectivity index (χ4v) is 1.93. The van der Waals surface area contributed by atoms with Crippen molar-refractivity contribution < 1.29 is 5.11 Å². The molecule has 0 amide bonds. The Morgan fingerprint density at radius 3 is 2.56 bits per heavy atom. The lowest BCUT2D eigenvalue weighted by Gasteiger charge is -2.30.